The predicted molar refractivity (Wildman–Crippen MR) is 83.0 cm³/mol. The summed E-state index contributed by atoms with van der Waals surface area (Å²) in [5.74, 6) is -0.866. The van der Waals surface area contributed by atoms with Gasteiger partial charge in [0.15, 0.2) is 0 Å². The molecule has 0 aliphatic carbocycles. The Morgan fingerprint density at radius 3 is 2.39 bits per heavy atom. The van der Waals surface area contributed by atoms with Crippen LogP contribution in [0.2, 0.25) is 0 Å². The van der Waals surface area contributed by atoms with Crippen LogP contribution in [0.5, 0.6) is 0 Å². The molecule has 0 saturated heterocycles. The number of rotatable bonds is 5. The molecule has 0 bridgehead atoms. The zero-order valence-electron chi connectivity index (χ0n) is 12.1. The quantitative estimate of drug-likeness (QED) is 0.793. The summed E-state index contributed by atoms with van der Waals surface area (Å²) < 4.78 is 0. The number of anilines is 1. The molecule has 7 heteroatoms. The van der Waals surface area contributed by atoms with Crippen molar-refractivity contribution in [2.45, 2.75) is 0 Å². The van der Waals surface area contributed by atoms with Gasteiger partial charge in [-0.05, 0) is 17.7 Å². The Balaban J connectivity index is 1.73. The molecule has 1 aliphatic heterocycles. The van der Waals surface area contributed by atoms with Gasteiger partial charge in [-0.15, -0.1) is 0 Å². The molecule has 2 N–H and O–H groups in total. The molecule has 23 heavy (non-hydrogen) atoms. The number of carbonyl (C=O) groups is 2. The van der Waals surface area contributed by atoms with Crippen LogP contribution in [-0.2, 0) is 9.59 Å². The van der Waals surface area contributed by atoms with Gasteiger partial charge in [-0.25, -0.2) is 9.97 Å². The van der Waals surface area contributed by atoms with Crippen LogP contribution in [0, 0.1) is 0 Å². The topological polar surface area (TPSA) is 95.4 Å². The van der Waals surface area contributed by atoms with Crippen molar-refractivity contribution in [2.24, 2.45) is 0 Å². The van der Waals surface area contributed by atoms with Crippen LogP contribution in [0.1, 0.15) is 0 Å². The summed E-state index contributed by atoms with van der Waals surface area (Å²) in [5, 5.41) is 11.8. The van der Waals surface area contributed by atoms with E-state index in [1.165, 1.54) is 12.4 Å². The van der Waals surface area contributed by atoms with Gasteiger partial charge in [-0.3, -0.25) is 14.5 Å². The van der Waals surface area contributed by atoms with Crippen molar-refractivity contribution in [3.05, 3.63) is 54.8 Å². The summed E-state index contributed by atoms with van der Waals surface area (Å²) in [6, 6.07) is 7.34. The third-order valence-electron chi connectivity index (χ3n) is 3.39. The van der Waals surface area contributed by atoms with E-state index in [0.29, 0.717) is 5.69 Å². The van der Waals surface area contributed by atoms with Gasteiger partial charge in [0.1, 0.15) is 12.0 Å². The van der Waals surface area contributed by atoms with Crippen molar-refractivity contribution in [2.75, 3.05) is 18.5 Å². The SMILES string of the molecule is O=C1C=C(Nc2ccc(-c3cncnc3)cc2)C(=O)N1CCO. The summed E-state index contributed by atoms with van der Waals surface area (Å²) >= 11 is 0. The maximum atomic E-state index is 12.0. The van der Waals surface area contributed by atoms with Crippen LogP contribution in [0.15, 0.2) is 54.8 Å². The molecular formula is C16H14N4O3. The average Bonchev–Trinajstić information content (AvgIpc) is 2.84. The number of hydrogen-bond donors (Lipinski definition) is 2. The van der Waals surface area contributed by atoms with Crippen molar-refractivity contribution in [1.82, 2.24) is 14.9 Å². The first kappa shape index (κ1) is 14.9. The highest BCUT2D eigenvalue weighted by molar-refractivity contribution is 6.17. The highest BCUT2D eigenvalue weighted by atomic mass is 16.3. The Kier molecular flexibility index (Phi) is 4.11. The lowest BCUT2D eigenvalue weighted by atomic mass is 10.1. The fourth-order valence-electron chi connectivity index (χ4n) is 2.26. The van der Waals surface area contributed by atoms with E-state index in [0.717, 1.165) is 16.0 Å². The summed E-state index contributed by atoms with van der Waals surface area (Å²) in [4.78, 5) is 32.7. The number of hydrogen-bond acceptors (Lipinski definition) is 6. The Labute approximate surface area is 132 Å². The molecular weight excluding hydrogens is 296 g/mol. The zero-order valence-corrected chi connectivity index (χ0v) is 12.1. The number of nitrogens with one attached hydrogen (secondary N) is 1. The van der Waals surface area contributed by atoms with Gasteiger partial charge in [0.05, 0.1) is 13.2 Å². The van der Waals surface area contributed by atoms with Crippen molar-refractivity contribution >= 4 is 17.5 Å². The number of amides is 2. The minimum atomic E-state index is -0.440. The van der Waals surface area contributed by atoms with Crippen LogP contribution >= 0.6 is 0 Å². The van der Waals surface area contributed by atoms with Gasteiger partial charge >= 0.3 is 0 Å². The number of carbonyl (C=O) groups excluding carboxylic acids is 2. The van der Waals surface area contributed by atoms with E-state index in [-0.39, 0.29) is 18.8 Å². The van der Waals surface area contributed by atoms with Gasteiger partial charge in [-0.1, -0.05) is 12.1 Å². The first-order chi connectivity index (χ1) is 11.2. The molecule has 7 nitrogen and oxygen atoms in total. The maximum Gasteiger partial charge on any atom is 0.277 e. The van der Waals surface area contributed by atoms with Crippen molar-refractivity contribution in [3.8, 4) is 11.1 Å². The second kappa shape index (κ2) is 6.37. The summed E-state index contributed by atoms with van der Waals surface area (Å²) in [7, 11) is 0. The Bertz CT molecular complexity index is 757. The number of aromatic nitrogens is 2. The highest BCUT2D eigenvalue weighted by Gasteiger charge is 2.30. The van der Waals surface area contributed by atoms with Crippen LogP contribution in [0.3, 0.4) is 0 Å². The summed E-state index contributed by atoms with van der Waals surface area (Å²) in [5.41, 5.74) is 2.71. The smallest absolute Gasteiger partial charge is 0.277 e. The third kappa shape index (κ3) is 3.09. The first-order valence-corrected chi connectivity index (χ1v) is 7.00. The molecule has 0 saturated carbocycles. The molecule has 0 radical (unpaired) electrons. The van der Waals surface area contributed by atoms with E-state index >= 15 is 0 Å². The maximum absolute atomic E-state index is 12.0. The number of nitrogens with zero attached hydrogens (tertiary/aromatic N) is 3. The lowest BCUT2D eigenvalue weighted by Gasteiger charge is -2.13. The molecule has 0 fully saturated rings. The van der Waals surface area contributed by atoms with Crippen LogP contribution < -0.4 is 5.32 Å². The van der Waals surface area contributed by atoms with Crippen LogP contribution in [0.4, 0.5) is 5.69 Å². The van der Waals surface area contributed by atoms with E-state index in [9.17, 15) is 9.59 Å². The number of aliphatic hydroxyl groups excluding tert-OH is 1. The largest absolute Gasteiger partial charge is 0.395 e. The second-order valence-corrected chi connectivity index (χ2v) is 4.91. The van der Waals surface area contributed by atoms with Gasteiger partial charge in [0.2, 0.25) is 0 Å². The number of imide groups is 1. The van der Waals surface area contributed by atoms with Crippen LogP contribution in [0.25, 0.3) is 11.1 Å². The minimum absolute atomic E-state index is 0.00765. The molecule has 116 valence electrons. The molecule has 0 spiro atoms. The van der Waals surface area contributed by atoms with Gasteiger partial charge in [0.25, 0.3) is 11.8 Å². The molecule has 2 heterocycles. The summed E-state index contributed by atoms with van der Waals surface area (Å²) in [6.07, 6.45) is 6.12. The van der Waals surface area contributed by atoms with E-state index in [1.54, 1.807) is 24.5 Å². The highest BCUT2D eigenvalue weighted by Crippen LogP contribution is 2.22. The predicted octanol–water partition coefficient (Wildman–Crippen LogP) is 0.800. The molecule has 1 aromatic heterocycles. The fraction of sp³-hybridized carbons (Fsp3) is 0.125. The van der Waals surface area contributed by atoms with Crippen molar-refractivity contribution < 1.29 is 14.7 Å². The lowest BCUT2D eigenvalue weighted by Crippen LogP contribution is -2.34. The normalized spacial score (nSPS) is 14.1. The Morgan fingerprint density at radius 2 is 1.74 bits per heavy atom. The minimum Gasteiger partial charge on any atom is -0.395 e. The molecule has 1 aliphatic rings. The van der Waals surface area contributed by atoms with Gasteiger partial charge < -0.3 is 10.4 Å². The summed E-state index contributed by atoms with van der Waals surface area (Å²) in [6.45, 7) is -0.265. The van der Waals surface area contributed by atoms with Gasteiger partial charge in [0, 0.05) is 29.7 Å². The molecule has 0 atom stereocenters. The third-order valence-corrected chi connectivity index (χ3v) is 3.39. The van der Waals surface area contributed by atoms with Crippen LogP contribution in [-0.4, -0.2) is 44.9 Å². The molecule has 1 aromatic carbocycles. The fourth-order valence-corrected chi connectivity index (χ4v) is 2.26. The number of benzene rings is 1. The standard InChI is InChI=1S/C16H14N4O3/c21-6-5-20-15(22)7-14(16(20)23)19-13-3-1-11(2-4-13)12-8-17-10-18-9-12/h1-4,7-10,19,21H,5-6H2. The van der Waals surface area contributed by atoms with E-state index in [1.807, 2.05) is 12.1 Å². The molecule has 3 rings (SSSR count). The van der Waals surface area contributed by atoms with Crippen molar-refractivity contribution in [3.63, 3.8) is 0 Å². The van der Waals surface area contributed by atoms with E-state index < -0.39 is 11.8 Å². The monoisotopic (exact) mass is 310 g/mol. The first-order valence-electron chi connectivity index (χ1n) is 7.00. The van der Waals surface area contributed by atoms with E-state index in [2.05, 4.69) is 15.3 Å². The Hall–Kier alpha value is -3.06. The molecule has 2 aromatic rings. The Morgan fingerprint density at radius 1 is 1.04 bits per heavy atom. The lowest BCUT2D eigenvalue weighted by molar-refractivity contribution is -0.137. The molecule has 0 unspecified atom stereocenters. The second-order valence-electron chi connectivity index (χ2n) is 4.91. The number of β-amino-alcohol motifs (C(OH)–C–C–N with tert-alkyl or cyclic N) is 1. The van der Waals surface area contributed by atoms with E-state index in [4.69, 9.17) is 5.11 Å². The zero-order chi connectivity index (χ0) is 16.2. The average molecular weight is 310 g/mol. The van der Waals surface area contributed by atoms with Gasteiger partial charge in [-0.2, -0.15) is 0 Å². The van der Waals surface area contributed by atoms with Crippen molar-refractivity contribution in [1.29, 1.82) is 0 Å². The molecule has 2 amide bonds. The number of aliphatic hydroxyl groups is 1.